The molecule has 0 radical (unpaired) electrons. The number of carbonyl (C=O) groups is 1. The fraction of sp³-hybridized carbons (Fsp3) is 0.182. The van der Waals surface area contributed by atoms with Gasteiger partial charge in [0.15, 0.2) is 0 Å². The quantitative estimate of drug-likeness (QED) is 0.169. The van der Waals surface area contributed by atoms with Crippen LogP contribution in [0.5, 0.6) is 0 Å². The van der Waals surface area contributed by atoms with Crippen LogP contribution in [0.15, 0.2) is 29.8 Å². The molecular formula is C11H10INO5. The molecule has 1 N–H and O–H groups in total. The van der Waals surface area contributed by atoms with Gasteiger partial charge in [-0.1, -0.05) is 22.6 Å². The first-order valence-electron chi connectivity index (χ1n) is 4.82. The van der Waals surface area contributed by atoms with Crippen molar-refractivity contribution in [3.05, 3.63) is 45.5 Å². The highest BCUT2D eigenvalue weighted by molar-refractivity contribution is 14.1. The van der Waals surface area contributed by atoms with Crippen molar-refractivity contribution >= 4 is 40.0 Å². The Labute approximate surface area is 117 Å². The molecule has 1 aromatic rings. The van der Waals surface area contributed by atoms with E-state index in [1.807, 2.05) is 22.6 Å². The van der Waals surface area contributed by atoms with Crippen molar-refractivity contribution in [2.75, 3.05) is 11.5 Å². The normalized spacial score (nSPS) is 11.7. The Kier molecular flexibility index (Phi) is 5.08. The van der Waals surface area contributed by atoms with E-state index < -0.39 is 10.9 Å². The predicted molar refractivity (Wildman–Crippen MR) is 73.5 cm³/mol. The molecule has 0 fully saturated rings. The van der Waals surface area contributed by atoms with Crippen LogP contribution in [0.3, 0.4) is 0 Å². The maximum Gasteiger partial charge on any atom is 0.338 e. The zero-order chi connectivity index (χ0) is 13.7. The lowest BCUT2D eigenvalue weighted by Crippen LogP contribution is -2.08. The molecule has 7 heteroatoms. The van der Waals surface area contributed by atoms with Crippen LogP contribution < -0.4 is 0 Å². The highest BCUT2D eigenvalue weighted by atomic mass is 127. The topological polar surface area (TPSA) is 89.7 Å². The summed E-state index contributed by atoms with van der Waals surface area (Å²) >= 11 is 1.92. The summed E-state index contributed by atoms with van der Waals surface area (Å²) in [6.07, 6.45) is 0. The van der Waals surface area contributed by atoms with Crippen LogP contribution in [0.2, 0.25) is 0 Å². The van der Waals surface area contributed by atoms with E-state index in [0.717, 1.165) is 0 Å². The molecule has 0 spiro atoms. The number of benzene rings is 1. The van der Waals surface area contributed by atoms with E-state index in [9.17, 15) is 20.0 Å². The Balaban J connectivity index is 3.15. The van der Waals surface area contributed by atoms with E-state index in [4.69, 9.17) is 0 Å². The Morgan fingerprint density at radius 2 is 2.00 bits per heavy atom. The van der Waals surface area contributed by atoms with Crippen molar-refractivity contribution < 1.29 is 19.6 Å². The third-order valence-corrected chi connectivity index (χ3v) is 2.97. The Morgan fingerprint density at radius 1 is 1.44 bits per heavy atom. The van der Waals surface area contributed by atoms with Crippen LogP contribution in [0.25, 0.3) is 5.76 Å². The number of rotatable bonds is 4. The molecule has 0 heterocycles. The fourth-order valence-corrected chi connectivity index (χ4v) is 1.93. The maximum atomic E-state index is 11.4. The van der Waals surface area contributed by atoms with Crippen LogP contribution in [0, 0.1) is 10.1 Å². The number of aliphatic hydroxyl groups excluding tert-OH is 1. The standard InChI is InChI=1S/C11H10INO5/c1-18-11(15)9(6-12)10(14)7-2-4-8(5-3-7)13(16)17/h2-5,14H,6H2,1H3/b10-9+. The van der Waals surface area contributed by atoms with Gasteiger partial charge in [0, 0.05) is 22.1 Å². The number of methoxy groups -OCH3 is 1. The number of aliphatic hydroxyl groups is 1. The zero-order valence-corrected chi connectivity index (χ0v) is 11.6. The number of esters is 1. The number of ether oxygens (including phenoxy) is 1. The predicted octanol–water partition coefficient (Wildman–Crippen LogP) is 2.47. The fourth-order valence-electron chi connectivity index (χ4n) is 1.25. The van der Waals surface area contributed by atoms with Crippen LogP contribution in [0.4, 0.5) is 5.69 Å². The second-order valence-corrected chi connectivity index (χ2v) is 4.02. The molecule has 0 saturated heterocycles. The minimum atomic E-state index is -0.625. The Morgan fingerprint density at radius 3 is 2.39 bits per heavy atom. The first-order chi connectivity index (χ1) is 8.51. The molecular weight excluding hydrogens is 353 g/mol. The summed E-state index contributed by atoms with van der Waals surface area (Å²) in [5, 5.41) is 20.4. The molecule has 0 aliphatic heterocycles. The van der Waals surface area contributed by atoms with Crippen LogP contribution in [0.1, 0.15) is 5.56 Å². The first kappa shape index (κ1) is 14.4. The molecule has 0 atom stereocenters. The second-order valence-electron chi connectivity index (χ2n) is 3.26. The van der Waals surface area contributed by atoms with Crippen molar-refractivity contribution in [2.45, 2.75) is 0 Å². The second kappa shape index (κ2) is 6.34. The molecule has 1 rings (SSSR count). The molecule has 0 aliphatic rings. The minimum Gasteiger partial charge on any atom is -0.507 e. The zero-order valence-electron chi connectivity index (χ0n) is 9.42. The minimum absolute atomic E-state index is 0.0827. The van der Waals surface area contributed by atoms with Gasteiger partial charge in [-0.2, -0.15) is 0 Å². The third-order valence-electron chi connectivity index (χ3n) is 2.20. The molecule has 96 valence electrons. The van der Waals surface area contributed by atoms with E-state index >= 15 is 0 Å². The number of halogens is 1. The van der Waals surface area contributed by atoms with Gasteiger partial charge >= 0.3 is 5.97 Å². The van der Waals surface area contributed by atoms with E-state index in [1.165, 1.54) is 31.4 Å². The lowest BCUT2D eigenvalue weighted by molar-refractivity contribution is -0.384. The van der Waals surface area contributed by atoms with Gasteiger partial charge < -0.3 is 9.84 Å². The average Bonchev–Trinajstić information content (AvgIpc) is 2.39. The van der Waals surface area contributed by atoms with Gasteiger partial charge in [-0.05, 0) is 12.1 Å². The Bertz CT molecular complexity index is 495. The number of nitrogens with zero attached hydrogens (tertiary/aromatic N) is 1. The van der Waals surface area contributed by atoms with Gasteiger partial charge in [0.1, 0.15) is 5.76 Å². The van der Waals surface area contributed by atoms with E-state index in [2.05, 4.69) is 4.74 Å². The van der Waals surface area contributed by atoms with E-state index in [-0.39, 0.29) is 21.4 Å². The molecule has 6 nitrogen and oxygen atoms in total. The van der Waals surface area contributed by atoms with Gasteiger partial charge in [-0.3, -0.25) is 10.1 Å². The van der Waals surface area contributed by atoms with Gasteiger partial charge in [0.2, 0.25) is 0 Å². The first-order valence-corrected chi connectivity index (χ1v) is 6.35. The summed E-state index contributed by atoms with van der Waals surface area (Å²) in [5.74, 6) is -0.855. The van der Waals surface area contributed by atoms with Crippen molar-refractivity contribution in [1.29, 1.82) is 0 Å². The van der Waals surface area contributed by atoms with Crippen molar-refractivity contribution in [3.8, 4) is 0 Å². The van der Waals surface area contributed by atoms with Gasteiger partial charge in [0.25, 0.3) is 5.69 Å². The maximum absolute atomic E-state index is 11.4. The van der Waals surface area contributed by atoms with Gasteiger partial charge in [0.05, 0.1) is 17.6 Å². The number of alkyl halides is 1. The van der Waals surface area contributed by atoms with Crippen molar-refractivity contribution in [2.24, 2.45) is 0 Å². The Hall–Kier alpha value is -1.64. The summed E-state index contributed by atoms with van der Waals surface area (Å²) in [6, 6.07) is 5.27. The largest absolute Gasteiger partial charge is 0.507 e. The molecule has 0 amide bonds. The van der Waals surface area contributed by atoms with Crippen molar-refractivity contribution in [3.63, 3.8) is 0 Å². The summed E-state index contributed by atoms with van der Waals surface area (Å²) in [7, 11) is 1.22. The highest BCUT2D eigenvalue weighted by Crippen LogP contribution is 2.21. The number of nitro benzene ring substituents is 1. The SMILES string of the molecule is COC(=O)/C(CI)=C(/O)c1ccc([N+](=O)[O-])cc1. The van der Waals surface area contributed by atoms with E-state index in [1.54, 1.807) is 0 Å². The third kappa shape index (κ3) is 3.19. The molecule has 0 aromatic heterocycles. The summed E-state index contributed by atoms with van der Waals surface area (Å²) in [6.45, 7) is 0. The number of nitro groups is 1. The smallest absolute Gasteiger partial charge is 0.338 e. The highest BCUT2D eigenvalue weighted by Gasteiger charge is 2.16. The molecule has 0 unspecified atom stereocenters. The molecule has 0 bridgehead atoms. The monoisotopic (exact) mass is 363 g/mol. The van der Waals surface area contributed by atoms with E-state index in [0.29, 0.717) is 5.56 Å². The van der Waals surface area contributed by atoms with Gasteiger partial charge in [-0.25, -0.2) is 4.79 Å². The van der Waals surface area contributed by atoms with Crippen LogP contribution in [-0.4, -0.2) is 27.5 Å². The van der Waals surface area contributed by atoms with Crippen LogP contribution >= 0.6 is 22.6 Å². The molecule has 0 saturated carbocycles. The number of hydrogen-bond acceptors (Lipinski definition) is 5. The van der Waals surface area contributed by atoms with Crippen LogP contribution in [-0.2, 0) is 9.53 Å². The number of carbonyl (C=O) groups excluding carboxylic acids is 1. The summed E-state index contributed by atoms with van der Waals surface area (Å²) < 4.78 is 4.81. The number of hydrogen-bond donors (Lipinski definition) is 1. The summed E-state index contributed by atoms with van der Waals surface area (Å²) in [5.41, 5.74) is 0.366. The summed E-state index contributed by atoms with van der Waals surface area (Å²) in [4.78, 5) is 21.3. The average molecular weight is 363 g/mol. The molecule has 1 aromatic carbocycles. The molecule has 0 aliphatic carbocycles. The van der Waals surface area contributed by atoms with Gasteiger partial charge in [-0.15, -0.1) is 0 Å². The lowest BCUT2D eigenvalue weighted by Gasteiger charge is -2.06. The lowest BCUT2D eigenvalue weighted by atomic mass is 10.1. The van der Waals surface area contributed by atoms with Crippen molar-refractivity contribution in [1.82, 2.24) is 0 Å². The molecule has 18 heavy (non-hydrogen) atoms. The number of non-ortho nitro benzene ring substituents is 1.